The number of rotatable bonds is 14. The normalized spacial score (nSPS) is 22.1. The number of aromatic nitrogens is 8. The summed E-state index contributed by atoms with van der Waals surface area (Å²) in [7, 11) is 4.31. The van der Waals surface area contributed by atoms with Crippen LogP contribution in [0.2, 0.25) is 21.0 Å². The Hall–Kier alpha value is -8.00. The summed E-state index contributed by atoms with van der Waals surface area (Å²) < 4.78 is 53.2. The fraction of sp³-hybridized carbons (Fsp3) is 0.492. The van der Waals surface area contributed by atoms with E-state index in [9.17, 15) is 36.7 Å². The molecular weight excluding hydrogens is 1350 g/mol. The Morgan fingerprint density at radius 2 is 0.928 bits per heavy atom. The molecule has 0 radical (unpaired) electrons. The lowest BCUT2D eigenvalue weighted by Crippen LogP contribution is -2.44. The minimum Gasteiger partial charge on any atom is -0.481 e. The average molecular weight is 1430 g/mol. The van der Waals surface area contributed by atoms with E-state index in [0.29, 0.717) is 31.6 Å². The van der Waals surface area contributed by atoms with Gasteiger partial charge in [-0.2, -0.15) is 15.0 Å². The van der Waals surface area contributed by atoms with Crippen LogP contribution in [0.5, 0.6) is 0 Å². The van der Waals surface area contributed by atoms with Crippen molar-refractivity contribution in [2.24, 2.45) is 40.9 Å². The molecule has 6 aliphatic rings. The van der Waals surface area contributed by atoms with Gasteiger partial charge < -0.3 is 74.0 Å². The third-order valence-electron chi connectivity index (χ3n) is 17.4. The summed E-state index contributed by atoms with van der Waals surface area (Å²) >= 11 is 21.6. The molecule has 2 aromatic carbocycles. The number of nitrogen functional groups attached to an aromatic ring is 1. The Labute approximate surface area is 579 Å². The Morgan fingerprint density at radius 1 is 0.515 bits per heavy atom. The fourth-order valence-corrected chi connectivity index (χ4v) is 12.5. The van der Waals surface area contributed by atoms with Gasteiger partial charge in [-0.3, -0.25) is 19.2 Å². The number of benzene rings is 2. The standard InChI is InChI=1S/C22H30FN7O.C11H17N3.C10H12ClFN4O.C10H11ClFN3O2.C6H11NO2.C4HCl2FN2/c1-14-12-15(6-7-19(14)30-10-8-29(2)9-11-30)26-22-25-13-17(23)21(28-22)27-18-5-3-4-16(18)20(24)31;1-13-6-8-14(9-7-13)11-4-2-10(12)3-5-11;11-10-14-4-6(12)9(16-10)15-7-3-1-2-5(7)8(13)17;11-10-13-4-6(12)8(15-10)14-7-3-1-2-5(7)9(16)17;7-5-3-1-2-4(5)6(8)9;5-3-2(7)1-8-4(6)9-3/h6-7,12-13,16,18H,3-5,8-11H2,1-2H3,(H2,24,31)(H2,25,26,27,28);2-5H,6-9,12H2,1H3;4-5,7H,1-3H2,(H2,13,17)(H,14,15,16);4-5,7H,1-3H2,(H,16,17)(H,13,14,15);4-5H,1-3,7H2,(H,8,9);1H/t16?,18-;;2*5?,7-;4?,5-;/m0.000./s1. The molecule has 97 heavy (non-hydrogen) atoms. The third kappa shape index (κ3) is 23.3. The summed E-state index contributed by atoms with van der Waals surface area (Å²) in [6.45, 7) is 10.7. The van der Waals surface area contributed by atoms with Crippen LogP contribution in [-0.2, 0) is 19.2 Å². The van der Waals surface area contributed by atoms with Gasteiger partial charge in [-0.15, -0.1) is 0 Å². The molecule has 6 fully saturated rings. The first kappa shape index (κ1) is 76.4. The highest BCUT2D eigenvalue weighted by Crippen LogP contribution is 2.33. The maximum Gasteiger partial charge on any atom is 0.308 e. The molecule has 2 saturated heterocycles. The Bertz CT molecular complexity index is 3510. The maximum absolute atomic E-state index is 14.3. The van der Waals surface area contributed by atoms with E-state index in [-0.39, 0.29) is 92.2 Å². The highest BCUT2D eigenvalue weighted by Gasteiger charge is 2.36. The third-order valence-corrected chi connectivity index (χ3v) is 18.2. The molecule has 4 saturated carbocycles. The second-order valence-electron chi connectivity index (χ2n) is 24.2. The first-order valence-electron chi connectivity index (χ1n) is 31.6. The molecule has 4 aliphatic carbocycles. The van der Waals surface area contributed by atoms with Gasteiger partial charge in [0, 0.05) is 99.3 Å². The number of carbonyl (C=O) groups excluding carboxylic acids is 2. The van der Waals surface area contributed by atoms with E-state index in [1.54, 1.807) is 0 Å². The molecule has 0 bridgehead atoms. The summed E-state index contributed by atoms with van der Waals surface area (Å²) in [5.41, 5.74) is 27.2. The largest absolute Gasteiger partial charge is 0.481 e. The summed E-state index contributed by atoms with van der Waals surface area (Å²) in [6, 6.07) is 13.5. The van der Waals surface area contributed by atoms with Gasteiger partial charge in [0.25, 0.3) is 0 Å². The molecule has 26 nitrogen and oxygen atoms in total. The summed E-state index contributed by atoms with van der Waals surface area (Å²) in [5, 5.41) is 29.0. The SMILES string of the molecule is CN1CCN(c2ccc(N)cc2)CC1.Cc1cc(Nc2ncc(F)c(N[C@H]3CCCC3C(N)=O)n2)ccc1N1CCN(C)CC1.Fc1cnc(Cl)nc1Cl.NC(=O)C1CCC[C@@H]1Nc1nc(Cl)ncc1F.N[C@H]1CCCC1C(=O)O.O=C(O)C1CCC[C@@H]1Nc1nc(Cl)ncc1F. The van der Waals surface area contributed by atoms with Crippen molar-refractivity contribution in [2.45, 2.75) is 108 Å². The van der Waals surface area contributed by atoms with Crippen LogP contribution in [0.25, 0.3) is 0 Å². The number of aryl methyl sites for hydroxylation is 1. The first-order valence-corrected chi connectivity index (χ1v) is 33.2. The molecule has 34 heteroatoms. The van der Waals surface area contributed by atoms with Gasteiger partial charge in [-0.1, -0.05) is 37.3 Å². The number of halogens is 8. The van der Waals surface area contributed by atoms with E-state index in [0.717, 1.165) is 145 Å². The second-order valence-corrected chi connectivity index (χ2v) is 25.6. The van der Waals surface area contributed by atoms with Crippen molar-refractivity contribution < 1.29 is 47.0 Å². The number of hydrogen-bond donors (Lipinski definition) is 10. The van der Waals surface area contributed by atoms with Crippen LogP contribution in [-0.4, -0.2) is 174 Å². The lowest BCUT2D eigenvalue weighted by Gasteiger charge is -2.35. The van der Waals surface area contributed by atoms with Crippen molar-refractivity contribution in [1.29, 1.82) is 0 Å². The van der Waals surface area contributed by atoms with Crippen molar-refractivity contribution >= 4 is 116 Å². The monoisotopic (exact) mass is 1430 g/mol. The summed E-state index contributed by atoms with van der Waals surface area (Å²) in [4.78, 5) is 83.1. The number of hydrogen-bond acceptors (Lipinski definition) is 22. The zero-order valence-corrected chi connectivity index (χ0v) is 56.9. The molecule has 4 aromatic heterocycles. The van der Waals surface area contributed by atoms with E-state index in [4.69, 9.17) is 79.6 Å². The molecule has 14 N–H and O–H groups in total. The topological polar surface area (TPSA) is 377 Å². The molecule has 6 aromatic rings. The predicted molar refractivity (Wildman–Crippen MR) is 366 cm³/mol. The summed E-state index contributed by atoms with van der Waals surface area (Å²) in [5.74, 6) is -5.82. The molecule has 4 unspecified atom stereocenters. The number of aliphatic carboxylic acids is 2. The predicted octanol–water partition coefficient (Wildman–Crippen LogP) is 8.90. The zero-order valence-electron chi connectivity index (χ0n) is 53.8. The molecule has 12 rings (SSSR count). The van der Waals surface area contributed by atoms with Crippen molar-refractivity contribution in [3.8, 4) is 0 Å². The quantitative estimate of drug-likeness (QED) is 0.0210. The van der Waals surface area contributed by atoms with Gasteiger partial charge in [0.05, 0.1) is 48.5 Å². The smallest absolute Gasteiger partial charge is 0.308 e. The molecule has 2 amide bonds. The highest BCUT2D eigenvalue weighted by atomic mass is 35.5. The van der Waals surface area contributed by atoms with Crippen molar-refractivity contribution in [2.75, 3.05) is 103 Å². The number of primary amides is 2. The molecular formula is C63H82Cl4F4N20O6. The van der Waals surface area contributed by atoms with Gasteiger partial charge in [0.1, 0.15) is 0 Å². The number of likely N-dealkylation sites (N-methyl/N-ethyl adjacent to an activating group) is 2. The van der Waals surface area contributed by atoms with Gasteiger partial charge in [-0.05, 0) is 155 Å². The number of carboxylic acids is 2. The minimum atomic E-state index is -0.874. The van der Waals surface area contributed by atoms with Gasteiger partial charge in [0.2, 0.25) is 33.6 Å². The Morgan fingerprint density at radius 3 is 1.35 bits per heavy atom. The van der Waals surface area contributed by atoms with Crippen LogP contribution in [0.1, 0.15) is 82.6 Å². The average Bonchev–Trinajstić information content (AvgIpc) is 1.89. The lowest BCUT2D eigenvalue weighted by atomic mass is 10.0. The van der Waals surface area contributed by atoms with Crippen LogP contribution in [0.4, 0.5) is 63.7 Å². The second kappa shape index (κ2) is 37.1. The Kier molecular flexibility index (Phi) is 29.2. The van der Waals surface area contributed by atoms with Crippen molar-refractivity contribution in [3.63, 3.8) is 0 Å². The number of nitrogens with one attached hydrogen (secondary N) is 4. The van der Waals surface area contributed by atoms with E-state index in [1.807, 2.05) is 24.3 Å². The van der Waals surface area contributed by atoms with Gasteiger partial charge >= 0.3 is 11.9 Å². The molecule has 6 heterocycles. The minimum absolute atomic E-state index is 0.0168. The van der Waals surface area contributed by atoms with Gasteiger partial charge in [0.15, 0.2) is 45.9 Å². The fourth-order valence-electron chi connectivity index (χ4n) is 12.0. The molecule has 8 atom stereocenters. The summed E-state index contributed by atoms with van der Waals surface area (Å²) in [6.07, 6.45) is 13.4. The van der Waals surface area contributed by atoms with Crippen LogP contribution >= 0.6 is 46.4 Å². The van der Waals surface area contributed by atoms with Crippen molar-refractivity contribution in [3.05, 3.63) is 117 Å². The molecule has 0 spiro atoms. The number of carbonyl (C=O) groups is 4. The first-order chi connectivity index (χ1) is 46.2. The maximum atomic E-state index is 14.3. The van der Waals surface area contributed by atoms with Crippen LogP contribution in [0.15, 0.2) is 67.3 Å². The number of nitrogens with zero attached hydrogens (tertiary/aromatic N) is 12. The van der Waals surface area contributed by atoms with Crippen LogP contribution < -0.4 is 54.0 Å². The zero-order chi connectivity index (χ0) is 70.5. The van der Waals surface area contributed by atoms with Gasteiger partial charge in [-0.25, -0.2) is 42.5 Å². The lowest BCUT2D eigenvalue weighted by molar-refractivity contribution is -0.142. The molecule has 2 aliphatic heterocycles. The number of amides is 2. The van der Waals surface area contributed by atoms with Crippen LogP contribution in [0, 0.1) is 53.9 Å². The highest BCUT2D eigenvalue weighted by molar-refractivity contribution is 6.31. The number of piperazine rings is 2. The van der Waals surface area contributed by atoms with Crippen LogP contribution in [0.3, 0.4) is 0 Å². The van der Waals surface area contributed by atoms with E-state index in [2.05, 4.69) is 120 Å². The number of carboxylic acid groups (broad SMARTS) is 2. The number of anilines is 8. The Balaban J connectivity index is 0.000000174. The van der Waals surface area contributed by atoms with E-state index >= 15 is 0 Å². The van der Waals surface area contributed by atoms with E-state index < -0.39 is 41.1 Å². The number of nitrogens with two attached hydrogens (primary N) is 4. The van der Waals surface area contributed by atoms with Crippen molar-refractivity contribution in [1.82, 2.24) is 49.7 Å². The van der Waals surface area contributed by atoms with E-state index in [1.165, 1.54) is 11.4 Å². The molecule has 526 valence electrons.